The molecule has 1 atom stereocenters. The maximum Gasteiger partial charge on any atom is 0.225 e. The van der Waals surface area contributed by atoms with Gasteiger partial charge in [-0.05, 0) is 15.9 Å². The van der Waals surface area contributed by atoms with Crippen molar-refractivity contribution in [1.82, 2.24) is 9.97 Å². The Labute approximate surface area is 97.2 Å². The fourth-order valence-electron chi connectivity index (χ4n) is 1.15. The Bertz CT molecular complexity index is 294. The molecule has 0 bridgehead atoms. The highest BCUT2D eigenvalue weighted by Crippen LogP contribution is 2.09. The van der Waals surface area contributed by atoms with Crippen LogP contribution in [0, 0.1) is 0 Å². The van der Waals surface area contributed by atoms with Gasteiger partial charge in [0.15, 0.2) is 0 Å². The van der Waals surface area contributed by atoms with Crippen LogP contribution in [0.3, 0.4) is 0 Å². The molecule has 0 aromatic carbocycles. The van der Waals surface area contributed by atoms with E-state index in [2.05, 4.69) is 25.9 Å². The minimum Gasteiger partial charge on any atom is -0.389 e. The maximum atomic E-state index is 9.50. The Hall–Kier alpha value is -0.720. The van der Waals surface area contributed by atoms with E-state index >= 15 is 0 Å². The van der Waals surface area contributed by atoms with E-state index in [1.165, 1.54) is 0 Å². The summed E-state index contributed by atoms with van der Waals surface area (Å²) >= 11 is 3.26. The predicted molar refractivity (Wildman–Crippen MR) is 60.9 cm³/mol. The van der Waals surface area contributed by atoms with Crippen LogP contribution in [0.25, 0.3) is 0 Å². The van der Waals surface area contributed by atoms with Crippen LogP contribution in [0.5, 0.6) is 0 Å². The Balaban J connectivity index is 2.53. The molecule has 0 saturated carbocycles. The monoisotopic (exact) mass is 275 g/mol. The Morgan fingerprint density at radius 2 is 2.13 bits per heavy atom. The molecule has 1 N–H and O–H groups in total. The maximum absolute atomic E-state index is 9.50. The van der Waals surface area contributed by atoms with E-state index in [9.17, 15) is 5.11 Å². The summed E-state index contributed by atoms with van der Waals surface area (Å²) in [5, 5.41) is 9.50. The van der Waals surface area contributed by atoms with Crippen molar-refractivity contribution in [2.75, 3.05) is 32.2 Å². The van der Waals surface area contributed by atoms with E-state index in [0.29, 0.717) is 19.1 Å². The number of aliphatic hydroxyl groups excluding tert-OH is 1. The number of aromatic nitrogens is 2. The van der Waals surface area contributed by atoms with Crippen molar-refractivity contribution >= 4 is 21.9 Å². The lowest BCUT2D eigenvalue weighted by atomic mass is 10.3. The number of nitrogens with zero attached hydrogens (tertiary/aromatic N) is 3. The molecule has 0 saturated heterocycles. The first-order chi connectivity index (χ1) is 7.13. The van der Waals surface area contributed by atoms with E-state index in [-0.39, 0.29) is 0 Å². The molecule has 0 radical (unpaired) electrons. The number of hydrogen-bond donors (Lipinski definition) is 1. The van der Waals surface area contributed by atoms with Crippen LogP contribution >= 0.6 is 15.9 Å². The molecule has 1 unspecified atom stereocenters. The van der Waals surface area contributed by atoms with Gasteiger partial charge >= 0.3 is 0 Å². The second kappa shape index (κ2) is 5.99. The zero-order valence-corrected chi connectivity index (χ0v) is 10.3. The van der Waals surface area contributed by atoms with E-state index in [1.54, 1.807) is 24.4 Å². The van der Waals surface area contributed by atoms with Gasteiger partial charge < -0.3 is 14.7 Å². The lowest BCUT2D eigenvalue weighted by Gasteiger charge is -2.19. The number of anilines is 1. The number of hydrogen-bond acceptors (Lipinski definition) is 5. The Morgan fingerprint density at radius 3 is 2.67 bits per heavy atom. The van der Waals surface area contributed by atoms with Crippen molar-refractivity contribution in [2.45, 2.75) is 6.10 Å². The molecule has 0 aliphatic carbocycles. The minimum atomic E-state index is -0.535. The SMILES string of the molecule is COCC(O)CN(C)c1ncc(Br)cn1. The number of likely N-dealkylation sites (N-methyl/N-ethyl adjacent to an activating group) is 1. The third-order valence-corrected chi connectivity index (χ3v) is 2.20. The number of ether oxygens (including phenoxy) is 1. The third-order valence-electron chi connectivity index (χ3n) is 1.79. The highest BCUT2D eigenvalue weighted by Gasteiger charge is 2.10. The molecule has 0 spiro atoms. The molecule has 0 aliphatic rings. The fourth-order valence-corrected chi connectivity index (χ4v) is 1.35. The van der Waals surface area contributed by atoms with Gasteiger partial charge in [-0.25, -0.2) is 9.97 Å². The van der Waals surface area contributed by atoms with Gasteiger partial charge in [0.1, 0.15) is 0 Å². The summed E-state index contributed by atoms with van der Waals surface area (Å²) in [4.78, 5) is 9.99. The van der Waals surface area contributed by atoms with E-state index < -0.39 is 6.10 Å². The minimum absolute atomic E-state index is 0.306. The molecule has 1 aromatic heterocycles. The molecule has 6 heteroatoms. The first-order valence-corrected chi connectivity index (χ1v) is 5.28. The van der Waals surface area contributed by atoms with Gasteiger partial charge in [-0.2, -0.15) is 0 Å². The summed E-state index contributed by atoms with van der Waals surface area (Å²) < 4.78 is 5.67. The van der Waals surface area contributed by atoms with Crippen molar-refractivity contribution in [2.24, 2.45) is 0 Å². The van der Waals surface area contributed by atoms with Crippen molar-refractivity contribution < 1.29 is 9.84 Å². The first-order valence-electron chi connectivity index (χ1n) is 4.49. The second-order valence-electron chi connectivity index (χ2n) is 3.19. The van der Waals surface area contributed by atoms with E-state index in [4.69, 9.17) is 4.74 Å². The van der Waals surface area contributed by atoms with Crippen LogP contribution in [0.4, 0.5) is 5.95 Å². The molecule has 0 fully saturated rings. The standard InChI is InChI=1S/C9H14BrN3O2/c1-13(5-8(14)6-15-2)9-11-3-7(10)4-12-9/h3-4,8,14H,5-6H2,1-2H3. The highest BCUT2D eigenvalue weighted by molar-refractivity contribution is 9.10. The van der Waals surface area contributed by atoms with Gasteiger partial charge in [-0.1, -0.05) is 0 Å². The lowest BCUT2D eigenvalue weighted by Crippen LogP contribution is -2.32. The lowest BCUT2D eigenvalue weighted by molar-refractivity contribution is 0.0693. The van der Waals surface area contributed by atoms with Crippen LogP contribution in [0.1, 0.15) is 0 Å². The summed E-state index contributed by atoms with van der Waals surface area (Å²) in [5.41, 5.74) is 0. The van der Waals surface area contributed by atoms with Crippen LogP contribution in [0.15, 0.2) is 16.9 Å². The average molecular weight is 276 g/mol. The van der Waals surface area contributed by atoms with Gasteiger partial charge in [0, 0.05) is 33.1 Å². The largest absolute Gasteiger partial charge is 0.389 e. The number of halogens is 1. The second-order valence-corrected chi connectivity index (χ2v) is 4.11. The van der Waals surface area contributed by atoms with Crippen LogP contribution in [0.2, 0.25) is 0 Å². The van der Waals surface area contributed by atoms with Gasteiger partial charge in [0.2, 0.25) is 5.95 Å². The van der Waals surface area contributed by atoms with Crippen molar-refractivity contribution in [1.29, 1.82) is 0 Å². The Morgan fingerprint density at radius 1 is 1.53 bits per heavy atom. The van der Waals surface area contributed by atoms with E-state index in [0.717, 1.165) is 4.47 Å². The summed E-state index contributed by atoms with van der Waals surface area (Å²) in [6.45, 7) is 0.746. The molecular weight excluding hydrogens is 262 g/mol. The number of rotatable bonds is 5. The van der Waals surface area contributed by atoms with Crippen LogP contribution in [-0.4, -0.2) is 48.5 Å². The first kappa shape index (κ1) is 12.4. The van der Waals surface area contributed by atoms with Crippen molar-refractivity contribution in [3.63, 3.8) is 0 Å². The zero-order valence-electron chi connectivity index (χ0n) is 8.72. The molecule has 15 heavy (non-hydrogen) atoms. The molecule has 0 amide bonds. The molecule has 0 aliphatic heterocycles. The molecule has 1 rings (SSSR count). The topological polar surface area (TPSA) is 58.5 Å². The summed E-state index contributed by atoms with van der Waals surface area (Å²) in [6, 6.07) is 0. The molecule has 1 heterocycles. The van der Waals surface area contributed by atoms with Crippen LogP contribution in [-0.2, 0) is 4.74 Å². The van der Waals surface area contributed by atoms with E-state index in [1.807, 2.05) is 7.05 Å². The molecular formula is C9H14BrN3O2. The Kier molecular flexibility index (Phi) is 4.93. The molecule has 5 nitrogen and oxygen atoms in total. The number of aliphatic hydroxyl groups is 1. The smallest absolute Gasteiger partial charge is 0.225 e. The molecule has 1 aromatic rings. The van der Waals surface area contributed by atoms with Crippen LogP contribution < -0.4 is 4.90 Å². The van der Waals surface area contributed by atoms with Gasteiger partial charge in [-0.3, -0.25) is 0 Å². The fraction of sp³-hybridized carbons (Fsp3) is 0.556. The highest BCUT2D eigenvalue weighted by atomic mass is 79.9. The summed E-state index contributed by atoms with van der Waals surface area (Å²) in [5.74, 6) is 0.577. The van der Waals surface area contributed by atoms with Gasteiger partial charge in [0.05, 0.1) is 17.2 Å². The van der Waals surface area contributed by atoms with Gasteiger partial charge in [-0.15, -0.1) is 0 Å². The normalized spacial score (nSPS) is 12.5. The summed E-state index contributed by atoms with van der Waals surface area (Å²) in [6.07, 6.45) is 2.80. The van der Waals surface area contributed by atoms with Crippen molar-refractivity contribution in [3.8, 4) is 0 Å². The predicted octanol–water partition coefficient (Wildman–Crippen LogP) is 0.683. The zero-order chi connectivity index (χ0) is 11.3. The quantitative estimate of drug-likeness (QED) is 0.857. The molecule has 84 valence electrons. The summed E-state index contributed by atoms with van der Waals surface area (Å²) in [7, 11) is 3.38. The average Bonchev–Trinajstić information content (AvgIpc) is 2.18. The number of methoxy groups -OCH3 is 1. The van der Waals surface area contributed by atoms with Crippen molar-refractivity contribution in [3.05, 3.63) is 16.9 Å². The van der Waals surface area contributed by atoms with Gasteiger partial charge in [0.25, 0.3) is 0 Å². The third kappa shape index (κ3) is 4.11.